The fourth-order valence-electron chi connectivity index (χ4n) is 2.94. The SMILES string of the molecule is Cc1c(Cl)nc2ncnn2c1NC1CCC(C)C(C)C1. The average Bonchev–Trinajstić information content (AvgIpc) is 2.87. The van der Waals surface area contributed by atoms with Gasteiger partial charge in [0.05, 0.1) is 0 Å². The fourth-order valence-corrected chi connectivity index (χ4v) is 3.10. The number of hydrogen-bond acceptors (Lipinski definition) is 4. The predicted octanol–water partition coefficient (Wildman–Crippen LogP) is 3.32. The summed E-state index contributed by atoms with van der Waals surface area (Å²) in [5.41, 5.74) is 0.927. The van der Waals surface area contributed by atoms with Gasteiger partial charge < -0.3 is 5.32 Å². The van der Waals surface area contributed by atoms with Gasteiger partial charge in [0, 0.05) is 11.6 Å². The Balaban J connectivity index is 1.90. The minimum atomic E-state index is 0.464. The van der Waals surface area contributed by atoms with Gasteiger partial charge in [0.15, 0.2) is 0 Å². The maximum Gasteiger partial charge on any atom is 0.255 e. The van der Waals surface area contributed by atoms with Crippen molar-refractivity contribution in [3.8, 4) is 0 Å². The molecular weight excluding hydrogens is 274 g/mol. The second-order valence-electron chi connectivity index (χ2n) is 5.96. The van der Waals surface area contributed by atoms with Gasteiger partial charge in [0.1, 0.15) is 17.3 Å². The van der Waals surface area contributed by atoms with Crippen LogP contribution >= 0.6 is 11.6 Å². The maximum absolute atomic E-state index is 6.19. The standard InChI is InChI=1S/C14H20ClN5/c1-8-4-5-11(6-9(8)2)18-13-10(3)12(15)19-14-16-7-17-20(13)14/h7-9,11,18H,4-6H2,1-3H3. The number of anilines is 1. The molecule has 108 valence electrons. The first-order valence-electron chi connectivity index (χ1n) is 7.18. The monoisotopic (exact) mass is 293 g/mol. The summed E-state index contributed by atoms with van der Waals surface area (Å²) in [7, 11) is 0. The molecule has 0 aliphatic heterocycles. The van der Waals surface area contributed by atoms with Crippen molar-refractivity contribution in [3.05, 3.63) is 17.0 Å². The van der Waals surface area contributed by atoms with E-state index in [4.69, 9.17) is 11.6 Å². The zero-order valence-electron chi connectivity index (χ0n) is 12.1. The van der Waals surface area contributed by atoms with Crippen LogP contribution in [0.3, 0.4) is 0 Å². The van der Waals surface area contributed by atoms with Crippen LogP contribution in [0.4, 0.5) is 5.82 Å². The third-order valence-corrected chi connectivity index (χ3v) is 4.91. The number of halogens is 1. The van der Waals surface area contributed by atoms with Crippen LogP contribution in [0, 0.1) is 18.8 Å². The summed E-state index contributed by atoms with van der Waals surface area (Å²) in [5, 5.41) is 8.34. The summed E-state index contributed by atoms with van der Waals surface area (Å²) in [4.78, 5) is 8.35. The van der Waals surface area contributed by atoms with Gasteiger partial charge in [0.25, 0.3) is 5.78 Å². The maximum atomic E-state index is 6.19. The van der Waals surface area contributed by atoms with E-state index in [9.17, 15) is 0 Å². The molecule has 2 aromatic rings. The molecule has 1 fully saturated rings. The molecule has 1 N–H and O–H groups in total. The number of aromatic nitrogens is 4. The van der Waals surface area contributed by atoms with Gasteiger partial charge in [-0.25, -0.2) is 0 Å². The van der Waals surface area contributed by atoms with E-state index < -0.39 is 0 Å². The molecule has 1 saturated carbocycles. The molecule has 0 amide bonds. The molecule has 20 heavy (non-hydrogen) atoms. The Bertz CT molecular complexity index is 623. The molecule has 2 heterocycles. The highest BCUT2D eigenvalue weighted by Crippen LogP contribution is 2.32. The van der Waals surface area contributed by atoms with Crippen molar-refractivity contribution in [3.63, 3.8) is 0 Å². The third-order valence-electron chi connectivity index (χ3n) is 4.54. The topological polar surface area (TPSA) is 55.1 Å². The lowest BCUT2D eigenvalue weighted by atomic mass is 9.79. The Kier molecular flexibility index (Phi) is 3.54. The average molecular weight is 294 g/mol. The molecule has 3 unspecified atom stereocenters. The number of fused-ring (bicyclic) bond motifs is 1. The van der Waals surface area contributed by atoms with Crippen LogP contribution in [0.2, 0.25) is 5.15 Å². The zero-order valence-corrected chi connectivity index (χ0v) is 12.9. The molecule has 2 aromatic heterocycles. The highest BCUT2D eigenvalue weighted by Gasteiger charge is 2.25. The lowest BCUT2D eigenvalue weighted by molar-refractivity contribution is 0.260. The molecule has 0 aromatic carbocycles. The summed E-state index contributed by atoms with van der Waals surface area (Å²) < 4.78 is 1.74. The van der Waals surface area contributed by atoms with Crippen molar-refractivity contribution in [2.75, 3.05) is 5.32 Å². The summed E-state index contributed by atoms with van der Waals surface area (Å²) in [5.74, 6) is 3.01. The van der Waals surface area contributed by atoms with Crippen LogP contribution in [0.25, 0.3) is 5.78 Å². The molecule has 6 heteroatoms. The highest BCUT2D eigenvalue weighted by molar-refractivity contribution is 6.30. The fraction of sp³-hybridized carbons (Fsp3) is 0.643. The Morgan fingerprint density at radius 1 is 1.30 bits per heavy atom. The molecular formula is C14H20ClN5. The van der Waals surface area contributed by atoms with Crippen molar-refractivity contribution in [2.24, 2.45) is 11.8 Å². The second-order valence-corrected chi connectivity index (χ2v) is 6.31. The van der Waals surface area contributed by atoms with E-state index in [0.717, 1.165) is 23.2 Å². The van der Waals surface area contributed by atoms with Gasteiger partial charge in [-0.05, 0) is 38.0 Å². The first-order valence-corrected chi connectivity index (χ1v) is 7.56. The summed E-state index contributed by atoms with van der Waals surface area (Å²) in [6, 6.07) is 0.464. The van der Waals surface area contributed by atoms with Crippen LogP contribution in [0.5, 0.6) is 0 Å². The summed E-state index contributed by atoms with van der Waals surface area (Å²) >= 11 is 6.19. The molecule has 0 bridgehead atoms. The minimum Gasteiger partial charge on any atom is -0.367 e. The smallest absolute Gasteiger partial charge is 0.255 e. The molecule has 1 aliphatic rings. The van der Waals surface area contributed by atoms with E-state index in [1.165, 1.54) is 25.6 Å². The third kappa shape index (κ3) is 2.35. The van der Waals surface area contributed by atoms with Crippen molar-refractivity contribution in [1.82, 2.24) is 19.6 Å². The lowest BCUT2D eigenvalue weighted by Crippen LogP contribution is -2.31. The highest BCUT2D eigenvalue weighted by atomic mass is 35.5. The van der Waals surface area contributed by atoms with E-state index in [-0.39, 0.29) is 0 Å². The Morgan fingerprint density at radius 3 is 2.85 bits per heavy atom. The summed E-state index contributed by atoms with van der Waals surface area (Å²) in [6.45, 7) is 6.63. The predicted molar refractivity (Wildman–Crippen MR) is 80.1 cm³/mol. The summed E-state index contributed by atoms with van der Waals surface area (Å²) in [6.07, 6.45) is 5.13. The van der Waals surface area contributed by atoms with E-state index in [2.05, 4.69) is 34.2 Å². The van der Waals surface area contributed by atoms with Gasteiger partial charge in [-0.2, -0.15) is 19.6 Å². The molecule has 0 radical (unpaired) electrons. The van der Waals surface area contributed by atoms with Crippen LogP contribution in [-0.4, -0.2) is 25.6 Å². The largest absolute Gasteiger partial charge is 0.367 e. The Labute approximate surface area is 123 Å². The molecule has 5 nitrogen and oxygen atoms in total. The molecule has 1 aliphatic carbocycles. The van der Waals surface area contributed by atoms with Crippen LogP contribution < -0.4 is 5.32 Å². The first kappa shape index (κ1) is 13.6. The number of nitrogens with zero attached hydrogens (tertiary/aromatic N) is 4. The van der Waals surface area contributed by atoms with Crippen molar-refractivity contribution in [1.29, 1.82) is 0 Å². The van der Waals surface area contributed by atoms with E-state index >= 15 is 0 Å². The van der Waals surface area contributed by atoms with Gasteiger partial charge in [-0.1, -0.05) is 25.4 Å². The second kappa shape index (κ2) is 5.20. The van der Waals surface area contributed by atoms with Crippen LogP contribution in [0.15, 0.2) is 6.33 Å². The quantitative estimate of drug-likeness (QED) is 0.863. The normalized spacial score (nSPS) is 26.9. The van der Waals surface area contributed by atoms with Gasteiger partial charge in [-0.15, -0.1) is 0 Å². The minimum absolute atomic E-state index is 0.464. The van der Waals surface area contributed by atoms with E-state index in [0.29, 0.717) is 17.0 Å². The first-order chi connectivity index (χ1) is 9.56. The van der Waals surface area contributed by atoms with E-state index in [1.54, 1.807) is 4.52 Å². The van der Waals surface area contributed by atoms with Crippen molar-refractivity contribution in [2.45, 2.75) is 46.1 Å². The number of rotatable bonds is 2. The Morgan fingerprint density at radius 2 is 2.10 bits per heavy atom. The van der Waals surface area contributed by atoms with Gasteiger partial charge >= 0.3 is 0 Å². The number of nitrogens with one attached hydrogen (secondary N) is 1. The van der Waals surface area contributed by atoms with Crippen LogP contribution in [0.1, 0.15) is 38.7 Å². The molecule has 0 spiro atoms. The molecule has 0 saturated heterocycles. The van der Waals surface area contributed by atoms with Gasteiger partial charge in [-0.3, -0.25) is 0 Å². The zero-order chi connectivity index (χ0) is 14.3. The van der Waals surface area contributed by atoms with Crippen LogP contribution in [-0.2, 0) is 0 Å². The lowest BCUT2D eigenvalue weighted by Gasteiger charge is -2.33. The number of hydrogen-bond donors (Lipinski definition) is 1. The Hall–Kier alpha value is -1.36. The van der Waals surface area contributed by atoms with E-state index in [1.807, 2.05) is 6.92 Å². The van der Waals surface area contributed by atoms with Crippen molar-refractivity contribution >= 4 is 23.2 Å². The molecule has 3 rings (SSSR count). The van der Waals surface area contributed by atoms with Crippen molar-refractivity contribution < 1.29 is 0 Å². The van der Waals surface area contributed by atoms with Gasteiger partial charge in [0.2, 0.25) is 0 Å². The molecule has 3 atom stereocenters.